The van der Waals surface area contributed by atoms with Crippen LogP contribution in [-0.2, 0) is 0 Å². The van der Waals surface area contributed by atoms with Crippen LogP contribution < -0.4 is 0 Å². The molecule has 0 aromatic rings. The Morgan fingerprint density at radius 3 is 1.68 bits per heavy atom. The van der Waals surface area contributed by atoms with Crippen molar-refractivity contribution in [3.05, 3.63) is 0 Å². The van der Waals surface area contributed by atoms with Crippen molar-refractivity contribution < 1.29 is 10.2 Å². The predicted octanol–water partition coefficient (Wildman–Crippen LogP) is 4.04. The zero-order valence-corrected chi connectivity index (χ0v) is 12.8. The molecule has 2 atom stereocenters. The molecule has 0 aliphatic rings. The van der Waals surface area contributed by atoms with Crippen molar-refractivity contribution in [2.45, 2.75) is 96.7 Å². The minimum atomic E-state index is -0.585. The fourth-order valence-corrected chi connectivity index (χ4v) is 2.01. The molecule has 0 radical (unpaired) electrons. The summed E-state index contributed by atoms with van der Waals surface area (Å²) in [7, 11) is 0. The maximum absolute atomic E-state index is 9.61. The van der Waals surface area contributed by atoms with Crippen molar-refractivity contribution in [1.29, 1.82) is 0 Å². The van der Waals surface area contributed by atoms with E-state index >= 15 is 0 Å². The predicted molar refractivity (Wildman–Crippen MR) is 81.9 cm³/mol. The molecule has 0 saturated carbocycles. The topological polar surface area (TPSA) is 40.5 Å². The molecule has 0 aromatic carbocycles. The summed E-state index contributed by atoms with van der Waals surface area (Å²) in [5.74, 6) is 5.38. The summed E-state index contributed by atoms with van der Waals surface area (Å²) >= 11 is 0. The van der Waals surface area contributed by atoms with Crippen LogP contribution in [0.2, 0.25) is 0 Å². The summed E-state index contributed by atoms with van der Waals surface area (Å²) in [5.41, 5.74) is 0. The van der Waals surface area contributed by atoms with Crippen LogP contribution in [-0.4, -0.2) is 22.4 Å². The van der Waals surface area contributed by atoms with Gasteiger partial charge in [0.2, 0.25) is 0 Å². The van der Waals surface area contributed by atoms with Crippen molar-refractivity contribution in [2.24, 2.45) is 0 Å². The van der Waals surface area contributed by atoms with E-state index in [9.17, 15) is 10.2 Å². The first kappa shape index (κ1) is 18.5. The van der Waals surface area contributed by atoms with Crippen molar-refractivity contribution >= 4 is 0 Å². The van der Waals surface area contributed by atoms with E-state index in [2.05, 4.69) is 18.8 Å². The van der Waals surface area contributed by atoms with Crippen molar-refractivity contribution in [2.75, 3.05) is 0 Å². The van der Waals surface area contributed by atoms with Crippen LogP contribution >= 0.6 is 0 Å². The average Bonchev–Trinajstić information content (AvgIpc) is 2.42. The Labute approximate surface area is 119 Å². The highest BCUT2D eigenvalue weighted by Crippen LogP contribution is 2.11. The van der Waals surface area contributed by atoms with E-state index in [4.69, 9.17) is 0 Å². The quantitative estimate of drug-likeness (QED) is 0.438. The standard InChI is InChI=1S/C17H32O2/c1-3-5-6-7-8-9-10-11-12-13-17(19)15-14-16(18)4-2/h16-19H,3-13H2,1-2H3/t16-,17+/m0/s1. The Bertz CT molecular complexity index is 239. The molecule has 112 valence electrons. The van der Waals surface area contributed by atoms with Crippen LogP contribution in [0.5, 0.6) is 0 Å². The van der Waals surface area contributed by atoms with Gasteiger partial charge < -0.3 is 10.2 Å². The van der Waals surface area contributed by atoms with Crippen molar-refractivity contribution in [3.63, 3.8) is 0 Å². The van der Waals surface area contributed by atoms with E-state index in [1.807, 2.05) is 6.92 Å². The van der Waals surface area contributed by atoms with Crippen LogP contribution in [0.25, 0.3) is 0 Å². The zero-order valence-electron chi connectivity index (χ0n) is 12.8. The van der Waals surface area contributed by atoms with E-state index < -0.39 is 12.2 Å². The molecule has 19 heavy (non-hydrogen) atoms. The second kappa shape index (κ2) is 13.9. The number of aliphatic hydroxyl groups is 2. The minimum Gasteiger partial charge on any atom is -0.380 e. The summed E-state index contributed by atoms with van der Waals surface area (Å²) in [5, 5.41) is 18.9. The average molecular weight is 268 g/mol. The second-order valence-corrected chi connectivity index (χ2v) is 5.35. The van der Waals surface area contributed by atoms with Gasteiger partial charge in [-0.1, -0.05) is 77.1 Å². The molecule has 0 spiro atoms. The van der Waals surface area contributed by atoms with E-state index in [0.29, 0.717) is 6.42 Å². The van der Waals surface area contributed by atoms with E-state index in [0.717, 1.165) is 12.8 Å². The van der Waals surface area contributed by atoms with Gasteiger partial charge in [-0.15, -0.1) is 0 Å². The maximum Gasteiger partial charge on any atom is 0.114 e. The Balaban J connectivity index is 3.31. The lowest BCUT2D eigenvalue weighted by Crippen LogP contribution is -2.06. The van der Waals surface area contributed by atoms with Gasteiger partial charge in [0, 0.05) is 0 Å². The maximum atomic E-state index is 9.61. The third kappa shape index (κ3) is 13.7. The fourth-order valence-electron chi connectivity index (χ4n) is 2.01. The lowest BCUT2D eigenvalue weighted by Gasteiger charge is -2.04. The lowest BCUT2D eigenvalue weighted by molar-refractivity contribution is 0.211. The third-order valence-corrected chi connectivity index (χ3v) is 3.38. The normalized spacial score (nSPS) is 13.7. The van der Waals surface area contributed by atoms with Gasteiger partial charge >= 0.3 is 0 Å². The van der Waals surface area contributed by atoms with Crippen LogP contribution in [0.1, 0.15) is 84.5 Å². The molecule has 2 nitrogen and oxygen atoms in total. The molecule has 0 aliphatic heterocycles. The largest absolute Gasteiger partial charge is 0.380 e. The molecule has 0 heterocycles. The van der Waals surface area contributed by atoms with Crippen LogP contribution in [0.3, 0.4) is 0 Å². The summed E-state index contributed by atoms with van der Waals surface area (Å²) in [6, 6.07) is 0. The van der Waals surface area contributed by atoms with E-state index in [-0.39, 0.29) is 0 Å². The Morgan fingerprint density at radius 2 is 1.16 bits per heavy atom. The van der Waals surface area contributed by atoms with Gasteiger partial charge in [0.1, 0.15) is 12.2 Å². The first-order valence-corrected chi connectivity index (χ1v) is 8.07. The number of unbranched alkanes of at least 4 members (excludes halogenated alkanes) is 8. The number of hydrogen-bond donors (Lipinski definition) is 2. The monoisotopic (exact) mass is 268 g/mol. The Kier molecular flexibility index (Phi) is 13.5. The molecule has 0 aromatic heterocycles. The summed E-state index contributed by atoms with van der Waals surface area (Å²) in [6.45, 7) is 4.12. The number of hydrogen-bond acceptors (Lipinski definition) is 2. The highest BCUT2D eigenvalue weighted by molar-refractivity contribution is 5.08. The highest BCUT2D eigenvalue weighted by Gasteiger charge is 2.00. The van der Waals surface area contributed by atoms with Gasteiger partial charge in [0.05, 0.1) is 0 Å². The number of rotatable bonds is 11. The van der Waals surface area contributed by atoms with Gasteiger partial charge in [-0.2, -0.15) is 0 Å². The Hall–Kier alpha value is -0.520. The molecule has 2 N–H and O–H groups in total. The van der Waals surface area contributed by atoms with Gasteiger partial charge in [-0.3, -0.25) is 0 Å². The van der Waals surface area contributed by atoms with Crippen molar-refractivity contribution in [3.8, 4) is 11.8 Å². The van der Waals surface area contributed by atoms with Gasteiger partial charge in [-0.25, -0.2) is 0 Å². The van der Waals surface area contributed by atoms with Crippen LogP contribution in [0.15, 0.2) is 0 Å². The smallest absolute Gasteiger partial charge is 0.114 e. The first-order valence-electron chi connectivity index (χ1n) is 8.07. The third-order valence-electron chi connectivity index (χ3n) is 3.38. The minimum absolute atomic E-state index is 0.564. The molecule has 0 unspecified atom stereocenters. The molecule has 0 bridgehead atoms. The molecule has 2 heteroatoms. The van der Waals surface area contributed by atoms with E-state index in [1.165, 1.54) is 51.4 Å². The summed E-state index contributed by atoms with van der Waals surface area (Å²) < 4.78 is 0. The highest BCUT2D eigenvalue weighted by atomic mass is 16.3. The van der Waals surface area contributed by atoms with Gasteiger partial charge in [-0.05, 0) is 19.3 Å². The SMILES string of the molecule is CCCCCCCCCCC[C@@H](O)C#C[C@@H](O)CC. The summed E-state index contributed by atoms with van der Waals surface area (Å²) in [4.78, 5) is 0. The molecule has 0 saturated heterocycles. The molecule has 0 amide bonds. The van der Waals surface area contributed by atoms with Crippen LogP contribution in [0, 0.1) is 11.8 Å². The lowest BCUT2D eigenvalue weighted by atomic mass is 10.1. The molecule has 0 rings (SSSR count). The molecular formula is C17H32O2. The van der Waals surface area contributed by atoms with Crippen LogP contribution in [0.4, 0.5) is 0 Å². The first-order chi connectivity index (χ1) is 9.20. The number of aliphatic hydroxyl groups excluding tert-OH is 2. The van der Waals surface area contributed by atoms with Gasteiger partial charge in [0.15, 0.2) is 0 Å². The van der Waals surface area contributed by atoms with E-state index in [1.54, 1.807) is 0 Å². The molecule has 0 aliphatic carbocycles. The summed E-state index contributed by atoms with van der Waals surface area (Å²) in [6.07, 6.45) is 11.8. The second-order valence-electron chi connectivity index (χ2n) is 5.35. The zero-order chi connectivity index (χ0) is 14.3. The molecule has 0 fully saturated rings. The Morgan fingerprint density at radius 1 is 0.684 bits per heavy atom. The van der Waals surface area contributed by atoms with Crippen molar-refractivity contribution in [1.82, 2.24) is 0 Å². The molecular weight excluding hydrogens is 236 g/mol. The fraction of sp³-hybridized carbons (Fsp3) is 0.882. The van der Waals surface area contributed by atoms with Gasteiger partial charge in [0.25, 0.3) is 0 Å².